The van der Waals surface area contributed by atoms with Crippen LogP contribution in [0.25, 0.3) is 0 Å². The number of hydrogen-bond donors (Lipinski definition) is 2. The first kappa shape index (κ1) is 18.4. The zero-order valence-corrected chi connectivity index (χ0v) is 15.3. The van der Waals surface area contributed by atoms with Gasteiger partial charge < -0.3 is 20.1 Å². The average Bonchev–Trinajstić information content (AvgIpc) is 3.07. The van der Waals surface area contributed by atoms with Gasteiger partial charge in [0.2, 0.25) is 11.8 Å². The summed E-state index contributed by atoms with van der Waals surface area (Å²) in [5.41, 5.74) is 1.01. The number of amides is 2. The number of rotatable bonds is 6. The lowest BCUT2D eigenvalue weighted by Gasteiger charge is -2.36. The van der Waals surface area contributed by atoms with Crippen molar-refractivity contribution in [1.29, 1.82) is 0 Å². The number of pyridine rings is 1. The summed E-state index contributed by atoms with van der Waals surface area (Å²) in [7, 11) is 0. The summed E-state index contributed by atoms with van der Waals surface area (Å²) in [6.45, 7) is 3.86. The lowest BCUT2D eigenvalue weighted by atomic mass is 10.1. The van der Waals surface area contributed by atoms with E-state index in [1.54, 1.807) is 25.4 Å². The number of carbonyl (C=O) groups is 2. The number of anilines is 1. The van der Waals surface area contributed by atoms with Crippen LogP contribution in [0.15, 0.2) is 35.1 Å². The number of thioether (sulfide) groups is 1. The fraction of sp³-hybridized carbons (Fsp3) is 0.412. The third-order valence-corrected chi connectivity index (χ3v) is 4.90. The number of aryl methyl sites for hydroxylation is 1. The molecule has 0 aliphatic carbocycles. The van der Waals surface area contributed by atoms with Gasteiger partial charge in [-0.2, -0.15) is 0 Å². The van der Waals surface area contributed by atoms with Gasteiger partial charge in [-0.3, -0.25) is 14.6 Å². The Bertz CT molecular complexity index is 752. The van der Waals surface area contributed by atoms with Gasteiger partial charge in [-0.25, -0.2) is 0 Å². The first-order valence-electron chi connectivity index (χ1n) is 8.34. The van der Waals surface area contributed by atoms with Crippen LogP contribution in [0.3, 0.4) is 0 Å². The zero-order valence-electron chi connectivity index (χ0n) is 14.5. The van der Waals surface area contributed by atoms with Crippen LogP contribution in [0.1, 0.15) is 17.4 Å². The van der Waals surface area contributed by atoms with Gasteiger partial charge in [-0.15, -0.1) is 11.8 Å². The molecule has 1 fully saturated rings. The molecule has 3 heterocycles. The van der Waals surface area contributed by atoms with Crippen LogP contribution < -0.4 is 10.6 Å². The Kier molecular flexibility index (Phi) is 6.24. The van der Waals surface area contributed by atoms with Gasteiger partial charge in [0.15, 0.2) is 5.82 Å². The maximum absolute atomic E-state index is 12.6. The van der Waals surface area contributed by atoms with E-state index in [9.17, 15) is 9.59 Å². The molecule has 0 bridgehead atoms. The Morgan fingerprint density at radius 3 is 3.08 bits per heavy atom. The topological polar surface area (TPSA) is 100 Å². The van der Waals surface area contributed by atoms with Crippen molar-refractivity contribution in [1.82, 2.24) is 20.4 Å². The van der Waals surface area contributed by atoms with Gasteiger partial charge in [0.25, 0.3) is 0 Å². The number of aromatic nitrogens is 2. The molecule has 1 atom stereocenters. The van der Waals surface area contributed by atoms with Gasteiger partial charge in [0.05, 0.1) is 17.5 Å². The van der Waals surface area contributed by atoms with E-state index in [2.05, 4.69) is 20.8 Å². The highest BCUT2D eigenvalue weighted by Gasteiger charge is 2.27. The second-order valence-electron chi connectivity index (χ2n) is 5.96. The van der Waals surface area contributed by atoms with Crippen LogP contribution in [0.4, 0.5) is 5.82 Å². The van der Waals surface area contributed by atoms with Crippen molar-refractivity contribution in [3.8, 4) is 0 Å². The summed E-state index contributed by atoms with van der Waals surface area (Å²) in [6, 6.07) is 5.47. The zero-order chi connectivity index (χ0) is 18.4. The van der Waals surface area contributed by atoms with Crippen LogP contribution in [0, 0.1) is 6.92 Å². The van der Waals surface area contributed by atoms with Crippen molar-refractivity contribution in [2.45, 2.75) is 13.0 Å². The average molecular weight is 375 g/mol. The van der Waals surface area contributed by atoms with Crippen molar-refractivity contribution in [2.75, 3.05) is 36.5 Å². The van der Waals surface area contributed by atoms with Crippen molar-refractivity contribution < 1.29 is 14.1 Å². The van der Waals surface area contributed by atoms with Crippen LogP contribution >= 0.6 is 11.8 Å². The Hall–Kier alpha value is -2.39. The molecule has 138 valence electrons. The standard InChI is InChI=1S/C17H21N5O3S/c1-12-7-15(21-25-12)20-16(23)10-26-11-17(24)22-6-5-19-9-14(22)13-3-2-4-18-8-13/h2-4,7-8,14,19H,5-6,9-11H2,1H3,(H,20,21,23). The van der Waals surface area contributed by atoms with E-state index < -0.39 is 0 Å². The molecule has 3 rings (SSSR count). The number of carbonyl (C=O) groups excluding carboxylic acids is 2. The number of nitrogens with zero attached hydrogens (tertiary/aromatic N) is 3. The first-order valence-corrected chi connectivity index (χ1v) is 9.50. The molecule has 1 aliphatic rings. The number of piperazine rings is 1. The smallest absolute Gasteiger partial charge is 0.235 e. The molecule has 2 aromatic rings. The molecule has 1 aliphatic heterocycles. The number of hydrogen-bond acceptors (Lipinski definition) is 7. The summed E-state index contributed by atoms with van der Waals surface area (Å²) < 4.78 is 4.90. The third-order valence-electron chi connectivity index (χ3n) is 3.99. The van der Waals surface area contributed by atoms with Crippen LogP contribution in [-0.2, 0) is 9.59 Å². The second kappa shape index (κ2) is 8.81. The van der Waals surface area contributed by atoms with Crippen molar-refractivity contribution in [3.05, 3.63) is 41.9 Å². The quantitative estimate of drug-likeness (QED) is 0.783. The van der Waals surface area contributed by atoms with E-state index in [0.29, 0.717) is 24.7 Å². The molecule has 0 radical (unpaired) electrons. The van der Waals surface area contributed by atoms with E-state index in [1.807, 2.05) is 17.0 Å². The van der Waals surface area contributed by atoms with Crippen LogP contribution in [-0.4, -0.2) is 58.0 Å². The molecular formula is C17H21N5O3S. The maximum atomic E-state index is 12.6. The highest BCUT2D eigenvalue weighted by Crippen LogP contribution is 2.22. The molecule has 0 saturated carbocycles. The summed E-state index contributed by atoms with van der Waals surface area (Å²) in [5.74, 6) is 1.26. The van der Waals surface area contributed by atoms with Crippen molar-refractivity contribution in [3.63, 3.8) is 0 Å². The molecule has 9 heteroatoms. The number of nitrogens with one attached hydrogen (secondary N) is 2. The van der Waals surface area contributed by atoms with Gasteiger partial charge >= 0.3 is 0 Å². The van der Waals surface area contributed by atoms with E-state index in [-0.39, 0.29) is 29.4 Å². The molecule has 2 N–H and O–H groups in total. The third kappa shape index (κ3) is 4.83. The van der Waals surface area contributed by atoms with Crippen molar-refractivity contribution in [2.24, 2.45) is 0 Å². The summed E-state index contributed by atoms with van der Waals surface area (Å²) in [5, 5.41) is 9.67. The van der Waals surface area contributed by atoms with Gasteiger partial charge in [0, 0.05) is 38.1 Å². The maximum Gasteiger partial charge on any atom is 0.235 e. The fourth-order valence-corrected chi connectivity index (χ4v) is 3.49. The minimum atomic E-state index is -0.208. The van der Waals surface area contributed by atoms with Crippen LogP contribution in [0.2, 0.25) is 0 Å². The lowest BCUT2D eigenvalue weighted by Crippen LogP contribution is -2.49. The first-order chi connectivity index (χ1) is 12.6. The lowest BCUT2D eigenvalue weighted by molar-refractivity contribution is -0.131. The predicted molar refractivity (Wildman–Crippen MR) is 98.8 cm³/mol. The Balaban J connectivity index is 1.49. The monoisotopic (exact) mass is 375 g/mol. The van der Waals surface area contributed by atoms with E-state index >= 15 is 0 Å². The second-order valence-corrected chi connectivity index (χ2v) is 6.94. The Morgan fingerprint density at radius 2 is 2.35 bits per heavy atom. The molecule has 8 nitrogen and oxygen atoms in total. The minimum absolute atomic E-state index is 0.0235. The van der Waals surface area contributed by atoms with Gasteiger partial charge in [-0.1, -0.05) is 11.2 Å². The van der Waals surface area contributed by atoms with E-state index in [4.69, 9.17) is 4.52 Å². The molecule has 2 aromatic heterocycles. The van der Waals surface area contributed by atoms with Gasteiger partial charge in [0.1, 0.15) is 5.76 Å². The van der Waals surface area contributed by atoms with Crippen molar-refractivity contribution >= 4 is 29.4 Å². The molecule has 1 unspecified atom stereocenters. The largest absolute Gasteiger partial charge is 0.360 e. The Morgan fingerprint density at radius 1 is 1.46 bits per heavy atom. The van der Waals surface area contributed by atoms with Gasteiger partial charge in [-0.05, 0) is 18.6 Å². The summed E-state index contributed by atoms with van der Waals surface area (Å²) in [4.78, 5) is 30.5. The molecular weight excluding hydrogens is 354 g/mol. The molecule has 2 amide bonds. The van der Waals surface area contributed by atoms with Crippen LogP contribution in [0.5, 0.6) is 0 Å². The normalized spacial score (nSPS) is 17.1. The Labute approximate surface area is 155 Å². The van der Waals surface area contributed by atoms with E-state index in [1.165, 1.54) is 11.8 Å². The molecule has 1 saturated heterocycles. The van der Waals surface area contributed by atoms with E-state index in [0.717, 1.165) is 12.1 Å². The molecule has 0 aromatic carbocycles. The summed E-state index contributed by atoms with van der Waals surface area (Å²) in [6.07, 6.45) is 3.51. The SMILES string of the molecule is Cc1cc(NC(=O)CSCC(=O)N2CCNCC2c2cccnc2)no1. The highest BCUT2D eigenvalue weighted by atomic mass is 32.2. The molecule has 26 heavy (non-hydrogen) atoms. The fourth-order valence-electron chi connectivity index (χ4n) is 2.79. The predicted octanol–water partition coefficient (Wildman–Crippen LogP) is 1.22. The molecule has 0 spiro atoms. The highest BCUT2D eigenvalue weighted by molar-refractivity contribution is 8.00. The minimum Gasteiger partial charge on any atom is -0.360 e. The summed E-state index contributed by atoms with van der Waals surface area (Å²) >= 11 is 1.29.